The molecule has 8 nitrogen and oxygen atoms in total. The minimum atomic E-state index is 0.301. The Morgan fingerprint density at radius 3 is 2.66 bits per heavy atom. The van der Waals surface area contributed by atoms with Crippen LogP contribution < -0.4 is 16.0 Å². The molecule has 1 aliphatic carbocycles. The Bertz CT molecular complexity index is 1110. The van der Waals surface area contributed by atoms with Crippen molar-refractivity contribution in [2.24, 2.45) is 0 Å². The molecule has 2 atom stereocenters. The average molecular weight is 520 g/mol. The van der Waals surface area contributed by atoms with Crippen molar-refractivity contribution in [2.75, 3.05) is 57.0 Å². The number of piperazine rings is 1. The van der Waals surface area contributed by atoms with Crippen molar-refractivity contribution in [1.29, 1.82) is 0 Å². The van der Waals surface area contributed by atoms with Gasteiger partial charge in [-0.15, -0.1) is 0 Å². The smallest absolute Gasteiger partial charge is 0.222 e. The van der Waals surface area contributed by atoms with Crippen molar-refractivity contribution in [3.63, 3.8) is 0 Å². The van der Waals surface area contributed by atoms with Crippen LogP contribution >= 0.6 is 0 Å². The fraction of sp³-hybridized carbons (Fsp3) is 0.600. The molecule has 3 aliphatic rings. The van der Waals surface area contributed by atoms with Crippen molar-refractivity contribution >= 4 is 11.8 Å². The monoisotopic (exact) mass is 519 g/mol. The van der Waals surface area contributed by atoms with Gasteiger partial charge in [0.15, 0.2) is 0 Å². The molecule has 3 heterocycles. The van der Waals surface area contributed by atoms with Gasteiger partial charge in [-0.25, -0.2) is 4.98 Å². The van der Waals surface area contributed by atoms with Crippen molar-refractivity contribution in [3.8, 4) is 11.3 Å². The van der Waals surface area contributed by atoms with Gasteiger partial charge in [0, 0.05) is 57.5 Å². The summed E-state index contributed by atoms with van der Waals surface area (Å²) in [5, 5.41) is 3.91. The summed E-state index contributed by atoms with van der Waals surface area (Å²) in [7, 11) is 2.16. The number of hydrogen-bond acceptors (Lipinski definition) is 8. The average Bonchev–Trinajstić information content (AvgIpc) is 2.93. The maximum Gasteiger partial charge on any atom is 0.222 e. The van der Waals surface area contributed by atoms with E-state index in [2.05, 4.69) is 81.2 Å². The molecule has 1 aromatic heterocycles. The van der Waals surface area contributed by atoms with E-state index in [1.807, 2.05) is 0 Å². The van der Waals surface area contributed by atoms with Crippen LogP contribution in [0.1, 0.15) is 57.1 Å². The molecule has 38 heavy (non-hydrogen) atoms. The first-order valence-electron chi connectivity index (χ1n) is 14.6. The largest absolute Gasteiger partial charge is 0.376 e. The summed E-state index contributed by atoms with van der Waals surface area (Å²) in [5.41, 5.74) is 11.0. The van der Waals surface area contributed by atoms with Crippen LogP contribution in [0.2, 0.25) is 0 Å². The molecular formula is C30H45N7O. The van der Waals surface area contributed by atoms with Gasteiger partial charge in [0.1, 0.15) is 5.82 Å². The van der Waals surface area contributed by atoms with Crippen molar-refractivity contribution in [3.05, 3.63) is 47.3 Å². The summed E-state index contributed by atoms with van der Waals surface area (Å²) in [6.07, 6.45) is 9.55. The summed E-state index contributed by atoms with van der Waals surface area (Å²) in [5.74, 6) is 2.52. The van der Waals surface area contributed by atoms with Crippen LogP contribution in [0.15, 0.2) is 36.2 Å². The van der Waals surface area contributed by atoms with Crippen LogP contribution in [0.5, 0.6) is 0 Å². The van der Waals surface area contributed by atoms with Gasteiger partial charge < -0.3 is 30.5 Å². The number of nitrogens with two attached hydrogens (primary N) is 1. The number of likely N-dealkylation sites (N-methyl/N-ethyl adjacent to an activating group) is 1. The van der Waals surface area contributed by atoms with Gasteiger partial charge in [-0.2, -0.15) is 4.98 Å². The Labute approximate surface area is 228 Å². The zero-order valence-electron chi connectivity index (χ0n) is 23.5. The Hall–Kier alpha value is -2.84. The molecule has 1 saturated heterocycles. The van der Waals surface area contributed by atoms with E-state index < -0.39 is 0 Å². The molecular weight excluding hydrogens is 474 g/mol. The van der Waals surface area contributed by atoms with E-state index in [0.29, 0.717) is 18.1 Å². The van der Waals surface area contributed by atoms with E-state index in [4.69, 9.17) is 10.5 Å². The van der Waals surface area contributed by atoms with E-state index in [1.165, 1.54) is 36.2 Å². The lowest BCUT2D eigenvalue weighted by atomic mass is 9.92. The first-order chi connectivity index (χ1) is 18.5. The second-order valence-electron chi connectivity index (χ2n) is 10.9. The summed E-state index contributed by atoms with van der Waals surface area (Å²) in [4.78, 5) is 16.4. The van der Waals surface area contributed by atoms with Gasteiger partial charge in [-0.05, 0) is 62.9 Å². The highest BCUT2D eigenvalue weighted by molar-refractivity contribution is 5.66. The third kappa shape index (κ3) is 6.24. The molecule has 3 N–H and O–H groups in total. The number of anilines is 2. The minimum Gasteiger partial charge on any atom is -0.376 e. The maximum atomic E-state index is 6.19. The van der Waals surface area contributed by atoms with Crippen LogP contribution in [-0.4, -0.2) is 78.3 Å². The molecule has 0 amide bonds. The number of rotatable bonds is 8. The molecule has 2 aliphatic heterocycles. The summed E-state index contributed by atoms with van der Waals surface area (Å²) >= 11 is 0. The van der Waals surface area contributed by atoms with Gasteiger partial charge in [-0.3, -0.25) is 0 Å². The van der Waals surface area contributed by atoms with E-state index >= 15 is 0 Å². The molecule has 5 rings (SSSR count). The molecule has 2 unspecified atom stereocenters. The highest BCUT2D eigenvalue weighted by Gasteiger charge is 2.28. The van der Waals surface area contributed by atoms with Crippen LogP contribution in [0.3, 0.4) is 0 Å². The summed E-state index contributed by atoms with van der Waals surface area (Å²) < 4.78 is 6.11. The molecule has 2 fully saturated rings. The first kappa shape index (κ1) is 26.8. The Balaban J connectivity index is 1.34. The second kappa shape index (κ2) is 12.3. The zero-order chi connectivity index (χ0) is 26.5. The first-order valence-corrected chi connectivity index (χ1v) is 14.6. The highest BCUT2D eigenvalue weighted by atomic mass is 16.5. The molecule has 0 radical (unpaired) electrons. The third-order valence-corrected chi connectivity index (χ3v) is 8.23. The standard InChI is InChI=1S/C30H45N7O/c1-4-8-28(32-25-9-6-7-10-27(25)38-5-2)37-14-13-22-11-12-23(19-24(22)21-37)26-20-29(34-30(31)33-26)36-17-15-35(3)16-18-36/h8,11-12,19-20,25,27,32H,4-7,9-10,13-18,21H2,1-3H3,(H2,31,33,34)/b28-8-. The minimum absolute atomic E-state index is 0.301. The van der Waals surface area contributed by atoms with Gasteiger partial charge in [0.25, 0.3) is 0 Å². The molecule has 8 heteroatoms. The number of ether oxygens (including phenoxy) is 1. The number of aromatic nitrogens is 2. The topological polar surface area (TPSA) is 82.8 Å². The fourth-order valence-corrected chi connectivity index (χ4v) is 6.06. The number of hydrogen-bond donors (Lipinski definition) is 2. The Morgan fingerprint density at radius 2 is 1.87 bits per heavy atom. The zero-order valence-corrected chi connectivity index (χ0v) is 23.5. The van der Waals surface area contributed by atoms with Crippen LogP contribution in [0.4, 0.5) is 11.8 Å². The van der Waals surface area contributed by atoms with Gasteiger partial charge in [0.05, 0.1) is 23.7 Å². The number of nitrogens with zero attached hydrogens (tertiary/aromatic N) is 5. The lowest BCUT2D eigenvalue weighted by molar-refractivity contribution is 0.0123. The van der Waals surface area contributed by atoms with Crippen LogP contribution in [-0.2, 0) is 17.7 Å². The van der Waals surface area contributed by atoms with E-state index in [0.717, 1.165) is 82.2 Å². The van der Waals surface area contributed by atoms with Crippen LogP contribution in [0, 0.1) is 0 Å². The van der Waals surface area contributed by atoms with Crippen molar-refractivity contribution in [2.45, 2.75) is 71.1 Å². The van der Waals surface area contributed by atoms with Crippen molar-refractivity contribution in [1.82, 2.24) is 25.1 Å². The lowest BCUT2D eigenvalue weighted by Gasteiger charge is -2.38. The normalized spacial score (nSPS) is 22.9. The third-order valence-electron chi connectivity index (χ3n) is 8.23. The molecule has 0 spiro atoms. The van der Waals surface area contributed by atoms with E-state index in [1.54, 1.807) is 0 Å². The number of nitrogens with one attached hydrogen (secondary N) is 1. The number of benzene rings is 1. The van der Waals surface area contributed by atoms with Crippen molar-refractivity contribution < 1.29 is 4.74 Å². The fourth-order valence-electron chi connectivity index (χ4n) is 6.06. The highest BCUT2D eigenvalue weighted by Crippen LogP contribution is 2.30. The van der Waals surface area contributed by atoms with E-state index in [-0.39, 0.29) is 0 Å². The summed E-state index contributed by atoms with van der Waals surface area (Å²) in [6.45, 7) is 11.0. The summed E-state index contributed by atoms with van der Waals surface area (Å²) in [6, 6.07) is 9.26. The quantitative estimate of drug-likeness (QED) is 0.541. The number of fused-ring (bicyclic) bond motifs is 1. The molecule has 2 aromatic rings. The van der Waals surface area contributed by atoms with Gasteiger partial charge >= 0.3 is 0 Å². The molecule has 1 saturated carbocycles. The predicted molar refractivity (Wildman–Crippen MR) is 155 cm³/mol. The van der Waals surface area contributed by atoms with Crippen LogP contribution in [0.25, 0.3) is 11.3 Å². The Kier molecular flexibility index (Phi) is 8.69. The lowest BCUT2D eigenvalue weighted by Crippen LogP contribution is -2.47. The second-order valence-corrected chi connectivity index (χ2v) is 10.9. The molecule has 206 valence electrons. The predicted octanol–water partition coefficient (Wildman–Crippen LogP) is 4.02. The molecule has 1 aromatic carbocycles. The Morgan fingerprint density at radius 1 is 1.05 bits per heavy atom. The number of nitrogen functional groups attached to an aromatic ring is 1. The van der Waals surface area contributed by atoms with Gasteiger partial charge in [0.2, 0.25) is 5.95 Å². The SMILES string of the molecule is CC/C=C(/NC1CCCCC1OCC)N1CCc2ccc(-c3cc(N4CCN(C)CC4)nc(N)n3)cc2C1. The molecule has 0 bridgehead atoms. The van der Waals surface area contributed by atoms with Gasteiger partial charge in [-0.1, -0.05) is 31.9 Å². The van der Waals surface area contributed by atoms with E-state index in [9.17, 15) is 0 Å². The number of allylic oxidation sites excluding steroid dienone is 1. The maximum absolute atomic E-state index is 6.19.